The molecule has 10 heteroatoms. The summed E-state index contributed by atoms with van der Waals surface area (Å²) in [4.78, 5) is 107. The number of rotatable bonds is 2. The minimum atomic E-state index is -0.577. The predicted octanol–water partition coefficient (Wildman–Crippen LogP) is 8.11. The van der Waals surface area contributed by atoms with E-state index in [9.17, 15) is 33.6 Å². The molecule has 12 rings (SSSR count). The van der Waals surface area contributed by atoms with Gasteiger partial charge in [-0.1, -0.05) is 72.8 Å². The lowest BCUT2D eigenvalue weighted by atomic mass is 9.75. The first-order valence-electron chi connectivity index (χ1n) is 18.9. The summed E-state index contributed by atoms with van der Waals surface area (Å²) in [6, 6.07) is 32.0. The Labute approximate surface area is 329 Å². The molecule has 2 aliphatic rings. The summed E-state index contributed by atoms with van der Waals surface area (Å²) in [5.41, 5.74) is 0.676. The number of hydrogen-bond acceptors (Lipinski definition) is 8. The van der Waals surface area contributed by atoms with Crippen LogP contribution in [0.3, 0.4) is 0 Å². The number of hydrogen-bond donors (Lipinski definition) is 2. The minimum absolute atomic E-state index is 0.00444. The van der Waals surface area contributed by atoms with Gasteiger partial charge < -0.3 is 10.3 Å². The largest absolute Gasteiger partial charge is 0.353 e. The monoisotopic (exact) mass is 765 g/mol. The Morgan fingerprint density at radius 2 is 1.32 bits per heavy atom. The second-order valence-electron chi connectivity index (χ2n) is 15.1. The summed E-state index contributed by atoms with van der Waals surface area (Å²) >= 11 is 0. The molecular formula is C49H23N3O7. The van der Waals surface area contributed by atoms with Crippen LogP contribution in [0, 0.1) is 0 Å². The third kappa shape index (κ3) is 4.28. The summed E-state index contributed by atoms with van der Waals surface area (Å²) in [5, 5.41) is 7.80. The molecular weight excluding hydrogens is 743 g/mol. The van der Waals surface area contributed by atoms with Crippen LogP contribution in [-0.4, -0.2) is 33.2 Å². The lowest BCUT2D eigenvalue weighted by Gasteiger charge is -2.26. The Morgan fingerprint density at radius 3 is 2.12 bits per heavy atom. The molecule has 0 unspecified atom stereocenters. The highest BCUT2D eigenvalue weighted by Gasteiger charge is 2.42. The van der Waals surface area contributed by atoms with Crippen LogP contribution >= 0.6 is 0 Å². The van der Waals surface area contributed by atoms with Crippen molar-refractivity contribution in [1.82, 2.24) is 9.97 Å². The Hall–Kier alpha value is -8.24. The van der Waals surface area contributed by atoms with Crippen molar-refractivity contribution in [3.63, 3.8) is 0 Å². The van der Waals surface area contributed by atoms with Crippen molar-refractivity contribution in [2.45, 2.75) is 6.42 Å². The fraction of sp³-hybridized carbons (Fsp3) is 0.0204. The zero-order valence-corrected chi connectivity index (χ0v) is 30.5. The topological polar surface area (TPSA) is 160 Å². The molecule has 0 spiro atoms. The molecule has 0 saturated heterocycles. The molecule has 8 aromatic carbocycles. The van der Waals surface area contributed by atoms with E-state index in [1.165, 1.54) is 12.1 Å². The van der Waals surface area contributed by atoms with Gasteiger partial charge in [-0.15, -0.1) is 0 Å². The van der Waals surface area contributed by atoms with Gasteiger partial charge in [0.1, 0.15) is 0 Å². The standard InChI is InChI=1S/C49H23N3O7/c53-25-15-13-22-19-30-23(17-24(22)18-25)14-16-28-35-38-37-33(54)20-31-36(47(57)29-11-6-12-32(34(29)48(31)58)50-49(59)21-7-2-1-3-8-21)43(37)52-44(38)40-39(42(35)51-41(28)30)45(55)26-9-4-5-10-27(26)46(40)56/h1-19,52H,20H2,(H,50,59). The first-order chi connectivity index (χ1) is 28.7. The van der Waals surface area contributed by atoms with Gasteiger partial charge in [-0.25, -0.2) is 4.98 Å². The number of anilines is 1. The van der Waals surface area contributed by atoms with Gasteiger partial charge in [0.15, 0.2) is 33.6 Å². The third-order valence-corrected chi connectivity index (χ3v) is 12.0. The molecule has 0 radical (unpaired) electrons. The molecule has 0 fully saturated rings. The summed E-state index contributed by atoms with van der Waals surface area (Å²) in [6.45, 7) is 0. The number of benzene rings is 8. The van der Waals surface area contributed by atoms with Crippen molar-refractivity contribution in [3.05, 3.63) is 179 Å². The fourth-order valence-electron chi connectivity index (χ4n) is 9.42. The second kappa shape index (κ2) is 11.4. The number of amides is 1. The van der Waals surface area contributed by atoms with E-state index in [2.05, 4.69) is 10.3 Å². The molecule has 0 saturated carbocycles. The van der Waals surface area contributed by atoms with E-state index >= 15 is 0 Å². The summed E-state index contributed by atoms with van der Waals surface area (Å²) in [5.74, 6) is -2.05. The van der Waals surface area contributed by atoms with Gasteiger partial charge in [-0.05, 0) is 58.6 Å². The van der Waals surface area contributed by atoms with Gasteiger partial charge in [0, 0.05) is 55.4 Å². The van der Waals surface area contributed by atoms with E-state index in [1.807, 2.05) is 24.3 Å². The van der Waals surface area contributed by atoms with Crippen LogP contribution in [0.2, 0.25) is 0 Å². The van der Waals surface area contributed by atoms with Gasteiger partial charge in [0.05, 0.1) is 55.4 Å². The van der Waals surface area contributed by atoms with Crippen LogP contribution in [0.4, 0.5) is 5.69 Å². The Bertz CT molecular complexity index is 3930. The number of fused-ring (bicyclic) bond motifs is 16. The Morgan fingerprint density at radius 1 is 0.576 bits per heavy atom. The molecule has 0 bridgehead atoms. The zero-order chi connectivity index (χ0) is 40.0. The zero-order valence-electron chi connectivity index (χ0n) is 30.5. The number of ketones is 3. The number of aromatic amines is 1. The third-order valence-electron chi connectivity index (χ3n) is 12.0. The lowest BCUT2D eigenvalue weighted by molar-refractivity contribution is 0.0946. The molecule has 1 amide bonds. The van der Waals surface area contributed by atoms with Crippen molar-refractivity contribution in [2.75, 3.05) is 5.32 Å². The minimum Gasteiger partial charge on any atom is -0.353 e. The maximum atomic E-state index is 14.7. The van der Waals surface area contributed by atoms with Crippen molar-refractivity contribution in [1.29, 1.82) is 0 Å². The number of nitrogens with one attached hydrogen (secondary N) is 2. The van der Waals surface area contributed by atoms with Gasteiger partial charge in [0.25, 0.3) is 5.91 Å². The molecule has 2 aromatic heterocycles. The van der Waals surface area contributed by atoms with Crippen LogP contribution in [0.15, 0.2) is 135 Å². The van der Waals surface area contributed by atoms with E-state index < -0.39 is 40.5 Å². The molecule has 2 heterocycles. The molecule has 0 atom stereocenters. The SMILES string of the molecule is O=C(Nc1cccc2c1C(=O)C1=C(C2=O)c2[nH]c3c(c2C(=O)C1)c1c2ccc4cc5cc(=O)ccc5cc4c2nc1c1c(=O)c2ccccc2c(=O)c31)c1ccccc1. The van der Waals surface area contributed by atoms with Crippen LogP contribution in [0.5, 0.6) is 0 Å². The van der Waals surface area contributed by atoms with Crippen LogP contribution in [0.25, 0.3) is 81.4 Å². The molecule has 2 aliphatic carbocycles. The Balaban J connectivity index is 1.18. The van der Waals surface area contributed by atoms with Gasteiger partial charge >= 0.3 is 0 Å². The van der Waals surface area contributed by atoms with Crippen molar-refractivity contribution in [2.24, 2.45) is 0 Å². The van der Waals surface area contributed by atoms with E-state index in [0.717, 1.165) is 21.5 Å². The second-order valence-corrected chi connectivity index (χ2v) is 15.1. The summed E-state index contributed by atoms with van der Waals surface area (Å²) < 4.78 is 0. The number of aromatic nitrogens is 2. The molecule has 59 heavy (non-hydrogen) atoms. The number of nitrogens with zero attached hydrogens (tertiary/aromatic N) is 1. The highest BCUT2D eigenvalue weighted by Crippen LogP contribution is 2.48. The number of Topliss-reactive ketones (excluding diaryl/α,β-unsaturated/α-hetero) is 3. The van der Waals surface area contributed by atoms with Gasteiger partial charge in [-0.2, -0.15) is 0 Å². The first kappa shape index (κ1) is 33.0. The van der Waals surface area contributed by atoms with Gasteiger partial charge in [0.2, 0.25) is 0 Å². The van der Waals surface area contributed by atoms with Crippen molar-refractivity contribution in [3.8, 4) is 0 Å². The average molecular weight is 766 g/mol. The summed E-state index contributed by atoms with van der Waals surface area (Å²) in [6.07, 6.45) is -0.419. The lowest BCUT2D eigenvalue weighted by Crippen LogP contribution is -2.28. The number of allylic oxidation sites excluding steroid dienone is 2. The van der Waals surface area contributed by atoms with Crippen LogP contribution in [0.1, 0.15) is 53.5 Å². The van der Waals surface area contributed by atoms with E-state index in [1.54, 1.807) is 78.9 Å². The highest BCUT2D eigenvalue weighted by atomic mass is 16.2. The number of H-pyrrole nitrogens is 1. The molecule has 10 aromatic rings. The average Bonchev–Trinajstić information content (AvgIpc) is 3.84. The molecule has 276 valence electrons. The van der Waals surface area contributed by atoms with Crippen LogP contribution < -0.4 is 21.6 Å². The molecule has 2 N–H and O–H groups in total. The molecule has 10 nitrogen and oxygen atoms in total. The van der Waals surface area contributed by atoms with Crippen molar-refractivity contribution >= 4 is 110 Å². The number of carbonyl (C=O) groups excluding carboxylic acids is 4. The smallest absolute Gasteiger partial charge is 0.255 e. The normalized spacial score (nSPS) is 14.0. The van der Waals surface area contributed by atoms with Gasteiger partial charge in [-0.3, -0.25) is 33.6 Å². The van der Waals surface area contributed by atoms with Crippen molar-refractivity contribution < 1.29 is 19.2 Å². The maximum absolute atomic E-state index is 14.7. The van der Waals surface area contributed by atoms with E-state index in [0.29, 0.717) is 27.2 Å². The highest BCUT2D eigenvalue weighted by molar-refractivity contribution is 6.47. The quantitative estimate of drug-likeness (QED) is 0.167. The maximum Gasteiger partial charge on any atom is 0.255 e. The first-order valence-corrected chi connectivity index (χ1v) is 18.9. The fourth-order valence-corrected chi connectivity index (χ4v) is 9.42. The van der Waals surface area contributed by atoms with E-state index in [4.69, 9.17) is 4.98 Å². The van der Waals surface area contributed by atoms with E-state index in [-0.39, 0.29) is 77.2 Å². The van der Waals surface area contributed by atoms with Crippen LogP contribution in [-0.2, 0) is 0 Å². The predicted molar refractivity (Wildman–Crippen MR) is 228 cm³/mol. The molecule has 0 aliphatic heterocycles. The Kier molecular flexibility index (Phi) is 6.38. The summed E-state index contributed by atoms with van der Waals surface area (Å²) in [7, 11) is 0. The number of carbonyl (C=O) groups is 4.